The van der Waals surface area contributed by atoms with Gasteiger partial charge < -0.3 is 5.73 Å². The van der Waals surface area contributed by atoms with E-state index in [-0.39, 0.29) is 6.04 Å². The van der Waals surface area contributed by atoms with Crippen LogP contribution in [0.4, 0.5) is 0 Å². The SMILES string of the molecule is Cc1ncc2c(n1)C[C@@H](c1cccc(Br)c1)N=C2N. The van der Waals surface area contributed by atoms with Crippen molar-refractivity contribution in [3.05, 3.63) is 57.6 Å². The molecule has 1 aliphatic heterocycles. The van der Waals surface area contributed by atoms with Crippen molar-refractivity contribution in [1.29, 1.82) is 0 Å². The van der Waals surface area contributed by atoms with Gasteiger partial charge in [-0.25, -0.2) is 9.97 Å². The first-order valence-electron chi connectivity index (χ1n) is 6.05. The quantitative estimate of drug-likeness (QED) is 0.879. The van der Waals surface area contributed by atoms with Crippen molar-refractivity contribution < 1.29 is 0 Å². The van der Waals surface area contributed by atoms with Gasteiger partial charge in [0, 0.05) is 17.1 Å². The summed E-state index contributed by atoms with van der Waals surface area (Å²) in [7, 11) is 0. The van der Waals surface area contributed by atoms with Crippen molar-refractivity contribution in [2.24, 2.45) is 10.7 Å². The van der Waals surface area contributed by atoms with Crippen molar-refractivity contribution >= 4 is 21.8 Å². The number of aryl methyl sites for hydroxylation is 1. The van der Waals surface area contributed by atoms with E-state index in [9.17, 15) is 0 Å². The topological polar surface area (TPSA) is 64.2 Å². The van der Waals surface area contributed by atoms with Gasteiger partial charge in [-0.15, -0.1) is 0 Å². The van der Waals surface area contributed by atoms with Crippen LogP contribution >= 0.6 is 15.9 Å². The van der Waals surface area contributed by atoms with E-state index >= 15 is 0 Å². The summed E-state index contributed by atoms with van der Waals surface area (Å²) in [6, 6.07) is 8.16. The average Bonchev–Trinajstić information content (AvgIpc) is 2.38. The molecule has 5 heteroatoms. The molecule has 1 aromatic carbocycles. The fourth-order valence-corrected chi connectivity index (χ4v) is 2.68. The maximum atomic E-state index is 6.02. The molecule has 3 rings (SSSR count). The molecule has 0 spiro atoms. The molecule has 96 valence electrons. The molecule has 2 N–H and O–H groups in total. The van der Waals surface area contributed by atoms with E-state index in [1.807, 2.05) is 19.1 Å². The molecule has 1 aliphatic rings. The van der Waals surface area contributed by atoms with Crippen LogP contribution in [0.5, 0.6) is 0 Å². The number of aromatic nitrogens is 2. The predicted molar refractivity (Wildman–Crippen MR) is 78.1 cm³/mol. The minimum absolute atomic E-state index is 0.0271. The number of hydrogen-bond acceptors (Lipinski definition) is 4. The van der Waals surface area contributed by atoms with Crippen LogP contribution in [-0.2, 0) is 6.42 Å². The van der Waals surface area contributed by atoms with Gasteiger partial charge >= 0.3 is 0 Å². The Balaban J connectivity index is 2.02. The monoisotopic (exact) mass is 316 g/mol. The van der Waals surface area contributed by atoms with Crippen LogP contribution in [0.1, 0.15) is 28.7 Å². The smallest absolute Gasteiger partial charge is 0.129 e. The van der Waals surface area contributed by atoms with E-state index in [0.717, 1.165) is 33.5 Å². The molecule has 0 saturated heterocycles. The van der Waals surface area contributed by atoms with Crippen LogP contribution in [-0.4, -0.2) is 15.8 Å². The lowest BCUT2D eigenvalue weighted by molar-refractivity contribution is 0.686. The molecule has 0 aliphatic carbocycles. The third-order valence-electron chi connectivity index (χ3n) is 3.18. The third-order valence-corrected chi connectivity index (χ3v) is 3.67. The van der Waals surface area contributed by atoms with Gasteiger partial charge in [0.15, 0.2) is 0 Å². The number of halogens is 1. The summed E-state index contributed by atoms with van der Waals surface area (Å²) in [6.45, 7) is 1.89. The number of amidine groups is 1. The molecule has 0 bridgehead atoms. The minimum atomic E-state index is 0.0271. The largest absolute Gasteiger partial charge is 0.383 e. The molecule has 0 amide bonds. The molecule has 2 aromatic rings. The van der Waals surface area contributed by atoms with Gasteiger partial charge in [0.25, 0.3) is 0 Å². The zero-order valence-corrected chi connectivity index (χ0v) is 12.1. The average molecular weight is 317 g/mol. The summed E-state index contributed by atoms with van der Waals surface area (Å²) in [5, 5.41) is 0. The number of aliphatic imine (C=N–C) groups is 1. The second kappa shape index (κ2) is 4.74. The number of nitrogens with two attached hydrogens (primary N) is 1. The standard InChI is InChI=1S/C14H13BrN4/c1-8-17-7-11-13(18-8)6-12(19-14(11)16)9-3-2-4-10(15)5-9/h2-5,7,12H,6H2,1H3,(H2,16,19)/t12-/m0/s1. The molecule has 19 heavy (non-hydrogen) atoms. The van der Waals surface area contributed by atoms with Crippen LogP contribution in [0.2, 0.25) is 0 Å². The Kier molecular flexibility index (Phi) is 3.06. The Labute approximate surface area is 119 Å². The molecule has 2 heterocycles. The summed E-state index contributed by atoms with van der Waals surface area (Å²) in [5.74, 6) is 1.28. The Bertz CT molecular complexity index is 666. The Morgan fingerprint density at radius 3 is 3.00 bits per heavy atom. The van der Waals surface area contributed by atoms with Gasteiger partial charge in [0.1, 0.15) is 11.7 Å². The summed E-state index contributed by atoms with van der Waals surface area (Å²) in [6.07, 6.45) is 2.52. The predicted octanol–water partition coefficient (Wildman–Crippen LogP) is 2.55. The van der Waals surface area contributed by atoms with Crippen molar-refractivity contribution in [1.82, 2.24) is 9.97 Å². The Hall–Kier alpha value is -1.75. The normalized spacial score (nSPS) is 17.8. The van der Waals surface area contributed by atoms with Gasteiger partial charge in [-0.2, -0.15) is 0 Å². The lowest BCUT2D eigenvalue weighted by atomic mass is 9.97. The molecule has 0 fully saturated rings. The van der Waals surface area contributed by atoms with Crippen molar-refractivity contribution in [2.45, 2.75) is 19.4 Å². The lowest BCUT2D eigenvalue weighted by Crippen LogP contribution is -2.24. The fraction of sp³-hybridized carbons (Fsp3) is 0.214. The molecule has 0 radical (unpaired) electrons. The fourth-order valence-electron chi connectivity index (χ4n) is 2.26. The van der Waals surface area contributed by atoms with Gasteiger partial charge in [-0.05, 0) is 24.6 Å². The third kappa shape index (κ3) is 2.38. The summed E-state index contributed by atoms with van der Waals surface area (Å²) in [4.78, 5) is 13.2. The van der Waals surface area contributed by atoms with Gasteiger partial charge in [0.05, 0.1) is 17.3 Å². The first kappa shape index (κ1) is 12.3. The van der Waals surface area contributed by atoms with Crippen LogP contribution < -0.4 is 5.73 Å². The van der Waals surface area contributed by atoms with Gasteiger partial charge in [0.2, 0.25) is 0 Å². The highest BCUT2D eigenvalue weighted by Crippen LogP contribution is 2.29. The van der Waals surface area contributed by atoms with Crippen molar-refractivity contribution in [3.63, 3.8) is 0 Å². The highest BCUT2D eigenvalue weighted by molar-refractivity contribution is 9.10. The van der Waals surface area contributed by atoms with E-state index in [4.69, 9.17) is 5.73 Å². The number of benzene rings is 1. The van der Waals surface area contributed by atoms with Crippen LogP contribution in [0, 0.1) is 6.92 Å². The van der Waals surface area contributed by atoms with Crippen LogP contribution in [0.3, 0.4) is 0 Å². The van der Waals surface area contributed by atoms with E-state index in [1.165, 1.54) is 0 Å². The zero-order chi connectivity index (χ0) is 13.4. The number of fused-ring (bicyclic) bond motifs is 1. The molecular formula is C14H13BrN4. The highest BCUT2D eigenvalue weighted by Gasteiger charge is 2.22. The molecule has 1 aromatic heterocycles. The number of hydrogen-bond donors (Lipinski definition) is 1. The van der Waals surface area contributed by atoms with E-state index in [1.54, 1.807) is 6.20 Å². The molecule has 4 nitrogen and oxygen atoms in total. The van der Waals surface area contributed by atoms with Gasteiger partial charge in [-0.3, -0.25) is 4.99 Å². The first-order valence-corrected chi connectivity index (χ1v) is 6.84. The van der Waals surface area contributed by atoms with Crippen molar-refractivity contribution in [2.75, 3.05) is 0 Å². The van der Waals surface area contributed by atoms with E-state index < -0.39 is 0 Å². The molecule has 0 unspecified atom stereocenters. The highest BCUT2D eigenvalue weighted by atomic mass is 79.9. The summed E-state index contributed by atoms with van der Waals surface area (Å²) >= 11 is 3.48. The van der Waals surface area contributed by atoms with E-state index in [2.05, 4.69) is 43.0 Å². The zero-order valence-electron chi connectivity index (χ0n) is 10.5. The Morgan fingerprint density at radius 1 is 1.37 bits per heavy atom. The Morgan fingerprint density at radius 2 is 2.21 bits per heavy atom. The van der Waals surface area contributed by atoms with E-state index in [0.29, 0.717) is 5.84 Å². The van der Waals surface area contributed by atoms with Crippen LogP contribution in [0.15, 0.2) is 39.9 Å². The number of rotatable bonds is 1. The molecular weight excluding hydrogens is 304 g/mol. The maximum Gasteiger partial charge on any atom is 0.129 e. The molecule has 1 atom stereocenters. The second-order valence-electron chi connectivity index (χ2n) is 4.57. The maximum absolute atomic E-state index is 6.02. The summed E-state index contributed by atoms with van der Waals surface area (Å²) in [5.41, 5.74) is 8.99. The summed E-state index contributed by atoms with van der Waals surface area (Å²) < 4.78 is 1.04. The lowest BCUT2D eigenvalue weighted by Gasteiger charge is -2.21. The number of nitrogens with zero attached hydrogens (tertiary/aromatic N) is 3. The van der Waals surface area contributed by atoms with Crippen LogP contribution in [0.25, 0.3) is 0 Å². The van der Waals surface area contributed by atoms with Gasteiger partial charge in [-0.1, -0.05) is 28.1 Å². The second-order valence-corrected chi connectivity index (χ2v) is 5.48. The first-order chi connectivity index (χ1) is 9.13. The minimum Gasteiger partial charge on any atom is -0.383 e. The van der Waals surface area contributed by atoms with Crippen molar-refractivity contribution in [3.8, 4) is 0 Å². The molecule has 0 saturated carbocycles.